The van der Waals surface area contributed by atoms with E-state index < -0.39 is 80.1 Å². The third kappa shape index (κ3) is 12.2. The molecule has 1 spiro atoms. The van der Waals surface area contributed by atoms with Crippen molar-refractivity contribution in [3.05, 3.63) is 83.2 Å². The Morgan fingerprint density at radius 2 is 1.30 bits per heavy atom. The van der Waals surface area contributed by atoms with Gasteiger partial charge in [0.1, 0.15) is 29.6 Å². The molecule has 5 aliphatic heterocycles. The van der Waals surface area contributed by atoms with Gasteiger partial charge in [0.2, 0.25) is 17.7 Å². The molecule has 0 saturated carbocycles. The van der Waals surface area contributed by atoms with Gasteiger partial charge in [0.25, 0.3) is 0 Å². The highest BCUT2D eigenvalue weighted by atomic mass is 28.3. The fraction of sp³-hybridized carbons (Fsp3) is 0.579. The molecule has 79 heavy (non-hydrogen) atoms. The monoisotopic (exact) mass is 1110 g/mol. The average molecular weight is 1110 g/mol. The van der Waals surface area contributed by atoms with Crippen molar-refractivity contribution >= 4 is 66.1 Å². The van der Waals surface area contributed by atoms with Gasteiger partial charge in [-0.2, -0.15) is 0 Å². The normalized spacial score (nSPS) is 23.6. The molecule has 9 rings (SSSR count). The number of imidazole rings is 1. The Morgan fingerprint density at radius 3 is 1.90 bits per heavy atom. The first-order chi connectivity index (χ1) is 38.1. The molecule has 5 aliphatic rings. The number of rotatable bonds is 17. The molecule has 4 N–H and O–H groups in total. The van der Waals surface area contributed by atoms with Crippen molar-refractivity contribution in [2.24, 2.45) is 5.92 Å². The first-order valence-electron chi connectivity index (χ1n) is 27.9. The predicted molar refractivity (Wildman–Crippen MR) is 297 cm³/mol. The minimum absolute atomic E-state index is 0.0326. The molecule has 1 aromatic heterocycles. The molecule has 428 valence electrons. The molecule has 0 bridgehead atoms. The third-order valence-electron chi connectivity index (χ3n) is 17.6. The Bertz CT molecular complexity index is 2800. The molecule has 5 saturated heterocycles. The molecule has 22 heteroatoms. The Morgan fingerprint density at radius 1 is 0.709 bits per heavy atom. The number of carbonyl (C=O) groups is 5. The number of aromatic nitrogens is 2. The number of hydrogen-bond donors (Lipinski definition) is 4. The number of nitrogens with zero attached hydrogens (tertiary/aromatic N) is 5. The molecule has 5 fully saturated rings. The number of anilines is 3. The molecule has 5 amide bonds. The number of likely N-dealkylation sites (tertiary alicyclic amines) is 2. The van der Waals surface area contributed by atoms with Gasteiger partial charge >= 0.3 is 12.2 Å². The summed E-state index contributed by atoms with van der Waals surface area (Å²) in [7, 11) is 5.49. The van der Waals surface area contributed by atoms with Gasteiger partial charge in [-0.1, -0.05) is 49.5 Å². The Hall–Kier alpha value is -6.36. The largest absolute Gasteiger partial charge is 0.453 e. The van der Waals surface area contributed by atoms with Crippen molar-refractivity contribution in [1.29, 1.82) is 0 Å². The summed E-state index contributed by atoms with van der Waals surface area (Å²) in [5, 5.41) is 8.21. The third-order valence-corrected chi connectivity index (χ3v) is 23.0. The first kappa shape index (κ1) is 57.3. The number of nitrogens with one attached hydrogen (secondary N) is 4. The van der Waals surface area contributed by atoms with E-state index in [4.69, 9.17) is 28.7 Å². The number of aromatic amines is 1. The van der Waals surface area contributed by atoms with E-state index in [-0.39, 0.29) is 36.1 Å². The average Bonchev–Trinajstić information content (AvgIpc) is 4.50. The number of amides is 5. The van der Waals surface area contributed by atoms with Crippen molar-refractivity contribution < 1.29 is 56.4 Å². The fourth-order valence-corrected chi connectivity index (χ4v) is 18.1. The van der Waals surface area contributed by atoms with E-state index in [1.165, 1.54) is 76.8 Å². The summed E-state index contributed by atoms with van der Waals surface area (Å²) in [5.41, 5.74) is 4.12. The molecule has 6 heterocycles. The zero-order valence-electron chi connectivity index (χ0n) is 46.5. The van der Waals surface area contributed by atoms with Gasteiger partial charge in [-0.15, -0.1) is 0 Å². The Balaban J connectivity index is 0.993. The minimum atomic E-state index is -1.41. The van der Waals surface area contributed by atoms with Gasteiger partial charge in [0.15, 0.2) is 11.6 Å². The van der Waals surface area contributed by atoms with Crippen LogP contribution in [0.1, 0.15) is 100 Å². The predicted octanol–water partition coefficient (Wildman–Crippen LogP) is 8.36. The van der Waals surface area contributed by atoms with Crippen molar-refractivity contribution in [2.45, 2.75) is 138 Å². The summed E-state index contributed by atoms with van der Waals surface area (Å²) < 4.78 is 59.6. The summed E-state index contributed by atoms with van der Waals surface area (Å²) >= 11 is 0. The lowest BCUT2D eigenvalue weighted by atomic mass is 10.0. The van der Waals surface area contributed by atoms with E-state index >= 15 is 8.78 Å². The highest BCUT2D eigenvalue weighted by molar-refractivity contribution is 6.80. The van der Waals surface area contributed by atoms with Gasteiger partial charge < -0.3 is 64.2 Å². The van der Waals surface area contributed by atoms with Crippen LogP contribution in [0.2, 0.25) is 24.2 Å². The number of ether oxygens (including phenoxy) is 5. The smallest absolute Gasteiger partial charge is 0.407 e. The SMILES string of the molecule is COC[C@H]1C[C@@H](C(=O)Nc2ccc([C@H]3CC[C@H](c4ccc5nc([C@@H]6CCCN6C(=O)[C@@H](NC(=O)OC)[C@@H](C)OC)[nH]c5c4)N3c3cc(F)c(N4CC[Si]5(CCCCC5)CC4)c(F)c3)cc2)N(C(=O)[C@@H](NC(=O)OC)[C@@H](C)OC)C1. The minimum Gasteiger partial charge on any atom is -0.453 e. The highest BCUT2D eigenvalue weighted by Gasteiger charge is 2.45. The van der Waals surface area contributed by atoms with Gasteiger partial charge in [0, 0.05) is 64.8 Å². The van der Waals surface area contributed by atoms with Crippen LogP contribution in [-0.2, 0) is 38.1 Å². The van der Waals surface area contributed by atoms with Crippen LogP contribution in [0.15, 0.2) is 54.6 Å². The standard InChI is InChI=1S/C57H77F2N9O10Si/c1-34(75-4)49(63-56(72)77-6)54(70)66-21-11-12-47(66)52-61-43-18-15-38(29-44(43)62-52)46-20-19-45(68(46)40-30-41(58)51(42(59)31-40)65-22-26-79(27-23-65)24-9-8-10-25-79)37-13-16-39(17-14-37)60-53(69)48-28-36(33-74-3)32-67(48)55(71)50(35(2)76-5)64-57(73)78-7/h13-18,29-31,34-36,45-50H,8-12,19-28,32-33H2,1-7H3,(H,60,69)(H,61,62)(H,63,72)(H,64,73)/t34-,35-,36+,45-,46-,47+,48+,49+,50+/m1/s1. The molecule has 3 aromatic carbocycles. The summed E-state index contributed by atoms with van der Waals surface area (Å²) in [6, 6.07) is 17.0. The maximum Gasteiger partial charge on any atom is 0.407 e. The van der Waals surface area contributed by atoms with E-state index in [9.17, 15) is 24.0 Å². The molecule has 4 aromatic rings. The number of halogens is 2. The maximum atomic E-state index is 16.8. The summed E-state index contributed by atoms with van der Waals surface area (Å²) in [6.45, 7) is 5.69. The van der Waals surface area contributed by atoms with Gasteiger partial charge in [-0.05, 0) is 106 Å². The van der Waals surface area contributed by atoms with Crippen LogP contribution < -0.4 is 25.8 Å². The second-order valence-electron chi connectivity index (χ2n) is 22.2. The zero-order valence-corrected chi connectivity index (χ0v) is 47.5. The number of hydrogen-bond acceptors (Lipinski definition) is 13. The molecule has 0 unspecified atom stereocenters. The quantitative estimate of drug-likeness (QED) is 0.0734. The number of H-pyrrole nitrogens is 1. The summed E-state index contributed by atoms with van der Waals surface area (Å²) in [4.78, 5) is 82.6. The van der Waals surface area contributed by atoms with E-state index in [2.05, 4.69) is 25.8 Å². The van der Waals surface area contributed by atoms with Crippen LogP contribution in [0, 0.1) is 17.6 Å². The molecular weight excluding hydrogens is 1040 g/mol. The second-order valence-corrected chi connectivity index (χ2v) is 27.2. The number of fused-ring (bicyclic) bond motifs is 1. The second kappa shape index (κ2) is 25.0. The fourth-order valence-electron chi connectivity index (χ4n) is 13.1. The number of methoxy groups -OCH3 is 5. The number of benzene rings is 3. The van der Waals surface area contributed by atoms with Crippen LogP contribution in [0.3, 0.4) is 0 Å². The lowest BCUT2D eigenvalue weighted by Crippen LogP contribution is -2.56. The van der Waals surface area contributed by atoms with E-state index in [1.807, 2.05) is 35.2 Å². The van der Waals surface area contributed by atoms with E-state index in [1.54, 1.807) is 38.0 Å². The molecular formula is C57H77F2N9O10Si. The lowest BCUT2D eigenvalue weighted by molar-refractivity contribution is -0.141. The van der Waals surface area contributed by atoms with Gasteiger partial charge in [0.05, 0.1) is 70.3 Å². The summed E-state index contributed by atoms with van der Waals surface area (Å²) in [6.07, 6.45) is 3.89. The zero-order chi connectivity index (χ0) is 56.1. The van der Waals surface area contributed by atoms with Crippen molar-refractivity contribution in [2.75, 3.05) is 83.5 Å². The van der Waals surface area contributed by atoms with Gasteiger partial charge in [-0.3, -0.25) is 14.4 Å². The molecule has 9 atom stereocenters. The van der Waals surface area contributed by atoms with Crippen LogP contribution in [0.5, 0.6) is 0 Å². The Labute approximate surface area is 461 Å². The van der Waals surface area contributed by atoms with Crippen molar-refractivity contribution in [1.82, 2.24) is 30.4 Å². The maximum absolute atomic E-state index is 16.8. The van der Waals surface area contributed by atoms with Gasteiger partial charge in [-0.25, -0.2) is 23.4 Å². The topological polar surface area (TPSA) is 209 Å². The highest BCUT2D eigenvalue weighted by Crippen LogP contribution is 2.49. The van der Waals surface area contributed by atoms with E-state index in [0.717, 1.165) is 35.2 Å². The molecule has 0 aliphatic carbocycles. The van der Waals surface area contributed by atoms with Crippen LogP contribution in [0.4, 0.5) is 35.4 Å². The van der Waals surface area contributed by atoms with Crippen molar-refractivity contribution in [3.8, 4) is 0 Å². The molecule has 19 nitrogen and oxygen atoms in total. The van der Waals surface area contributed by atoms with Crippen LogP contribution in [-0.4, -0.2) is 156 Å². The summed E-state index contributed by atoms with van der Waals surface area (Å²) in [5.74, 6) is -1.95. The molecule has 0 radical (unpaired) electrons. The van der Waals surface area contributed by atoms with E-state index in [0.29, 0.717) is 74.6 Å². The number of carbonyl (C=O) groups excluding carboxylic acids is 5. The first-order valence-corrected chi connectivity index (χ1v) is 30.7. The lowest BCUT2D eigenvalue weighted by Gasteiger charge is -2.43. The van der Waals surface area contributed by atoms with Crippen LogP contribution in [0.25, 0.3) is 11.0 Å². The van der Waals surface area contributed by atoms with Crippen LogP contribution >= 0.6 is 0 Å². The van der Waals surface area contributed by atoms with Crippen molar-refractivity contribution in [3.63, 3.8) is 0 Å². The Kier molecular flexibility index (Phi) is 18.1. The number of alkyl carbamates (subject to hydrolysis) is 2.